The Balaban J connectivity index is 1.70. The second kappa shape index (κ2) is 7.61. The molecule has 0 spiro atoms. The summed E-state index contributed by atoms with van der Waals surface area (Å²) < 4.78 is 0. The molecule has 2 aromatic carbocycles. The van der Waals surface area contributed by atoms with Crippen molar-refractivity contribution in [3.63, 3.8) is 0 Å². The number of hydrogen-bond acceptors (Lipinski definition) is 5. The van der Waals surface area contributed by atoms with Crippen LogP contribution in [0.25, 0.3) is 0 Å². The number of rotatable bonds is 4. The molecule has 1 N–H and O–H groups in total. The normalized spacial score (nSPS) is 14.2. The summed E-state index contributed by atoms with van der Waals surface area (Å²) >= 11 is 6.12. The fraction of sp³-hybridized carbons (Fsp3) is 0.278. The van der Waals surface area contributed by atoms with Gasteiger partial charge < -0.3 is 15.1 Å². The molecule has 0 aliphatic carbocycles. The van der Waals surface area contributed by atoms with Gasteiger partial charge in [-0.2, -0.15) is 0 Å². The summed E-state index contributed by atoms with van der Waals surface area (Å²) in [6, 6.07) is 12.0. The molecule has 7 nitrogen and oxygen atoms in total. The van der Waals surface area contributed by atoms with E-state index in [0.29, 0.717) is 42.5 Å². The van der Waals surface area contributed by atoms with Crippen molar-refractivity contribution in [2.75, 3.05) is 43.4 Å². The minimum Gasteiger partial charge on any atom is -0.383 e. The quantitative estimate of drug-likeness (QED) is 0.656. The molecule has 0 atom stereocenters. The Morgan fingerprint density at radius 1 is 1.15 bits per heavy atom. The number of hydrogen-bond donors (Lipinski definition) is 1. The summed E-state index contributed by atoms with van der Waals surface area (Å²) in [6.45, 7) is 2.43. The van der Waals surface area contributed by atoms with Crippen LogP contribution < -0.4 is 10.2 Å². The standard InChI is InChI=1S/C18H19ClN4O3/c1-20-16-12-13(6-7-17(16)23(25)26)21-8-10-22(11-9-21)18(24)14-4-2-3-5-15(14)19/h2-7,12,20H,8-11H2,1H3. The first-order valence-electron chi connectivity index (χ1n) is 8.26. The van der Waals surface area contributed by atoms with E-state index in [9.17, 15) is 14.9 Å². The molecular weight excluding hydrogens is 356 g/mol. The number of nitro benzene ring substituents is 1. The van der Waals surface area contributed by atoms with E-state index in [2.05, 4.69) is 10.2 Å². The van der Waals surface area contributed by atoms with Gasteiger partial charge >= 0.3 is 0 Å². The Labute approximate surface area is 156 Å². The SMILES string of the molecule is CNc1cc(N2CCN(C(=O)c3ccccc3Cl)CC2)ccc1[N+](=O)[O-]. The largest absolute Gasteiger partial charge is 0.383 e. The summed E-state index contributed by atoms with van der Waals surface area (Å²) in [6.07, 6.45) is 0. The highest BCUT2D eigenvalue weighted by molar-refractivity contribution is 6.33. The molecule has 26 heavy (non-hydrogen) atoms. The Morgan fingerprint density at radius 3 is 2.46 bits per heavy atom. The number of nitrogens with one attached hydrogen (secondary N) is 1. The van der Waals surface area contributed by atoms with Crippen molar-refractivity contribution < 1.29 is 9.72 Å². The number of amides is 1. The molecule has 1 amide bonds. The van der Waals surface area contributed by atoms with Crippen LogP contribution in [0.5, 0.6) is 0 Å². The second-order valence-corrected chi connectivity index (χ2v) is 6.37. The lowest BCUT2D eigenvalue weighted by Gasteiger charge is -2.36. The first-order valence-corrected chi connectivity index (χ1v) is 8.64. The maximum absolute atomic E-state index is 12.6. The predicted molar refractivity (Wildman–Crippen MR) is 102 cm³/mol. The van der Waals surface area contributed by atoms with E-state index in [-0.39, 0.29) is 11.6 Å². The van der Waals surface area contributed by atoms with Gasteiger partial charge in [0.1, 0.15) is 5.69 Å². The van der Waals surface area contributed by atoms with Crippen LogP contribution in [0.15, 0.2) is 42.5 Å². The minimum atomic E-state index is -0.407. The first kappa shape index (κ1) is 18.0. The number of halogens is 1. The van der Waals surface area contributed by atoms with E-state index in [1.165, 1.54) is 6.07 Å². The number of anilines is 2. The molecule has 1 aliphatic rings. The number of nitro groups is 1. The van der Waals surface area contributed by atoms with E-state index in [0.717, 1.165) is 5.69 Å². The van der Waals surface area contributed by atoms with Gasteiger partial charge in [0, 0.05) is 45.0 Å². The fourth-order valence-corrected chi connectivity index (χ4v) is 3.27. The summed E-state index contributed by atoms with van der Waals surface area (Å²) in [7, 11) is 1.66. The lowest BCUT2D eigenvalue weighted by atomic mass is 10.1. The average molecular weight is 375 g/mol. The molecule has 0 aromatic heterocycles. The number of benzene rings is 2. The molecule has 1 aliphatic heterocycles. The van der Waals surface area contributed by atoms with Crippen molar-refractivity contribution in [1.82, 2.24) is 4.90 Å². The average Bonchev–Trinajstić information content (AvgIpc) is 2.67. The smallest absolute Gasteiger partial charge is 0.292 e. The number of carbonyl (C=O) groups excluding carboxylic acids is 1. The minimum absolute atomic E-state index is 0.0452. The third-order valence-corrected chi connectivity index (χ3v) is 4.81. The third-order valence-electron chi connectivity index (χ3n) is 4.48. The molecule has 0 saturated carbocycles. The van der Waals surface area contributed by atoms with Crippen LogP contribution in [0.1, 0.15) is 10.4 Å². The zero-order chi connectivity index (χ0) is 18.7. The van der Waals surface area contributed by atoms with Crippen LogP contribution >= 0.6 is 11.6 Å². The summed E-state index contributed by atoms with van der Waals surface area (Å²) in [5, 5.41) is 14.4. The predicted octanol–water partition coefficient (Wildman–Crippen LogP) is 3.25. The van der Waals surface area contributed by atoms with E-state index >= 15 is 0 Å². The molecular formula is C18H19ClN4O3. The topological polar surface area (TPSA) is 78.7 Å². The van der Waals surface area contributed by atoms with Crippen LogP contribution in [0.2, 0.25) is 5.02 Å². The van der Waals surface area contributed by atoms with Gasteiger partial charge in [-0.05, 0) is 24.3 Å². The van der Waals surface area contributed by atoms with Crippen LogP contribution in [0.3, 0.4) is 0 Å². The van der Waals surface area contributed by atoms with Gasteiger partial charge in [-0.15, -0.1) is 0 Å². The van der Waals surface area contributed by atoms with Crippen molar-refractivity contribution >= 4 is 34.6 Å². The van der Waals surface area contributed by atoms with Crippen LogP contribution in [-0.2, 0) is 0 Å². The monoisotopic (exact) mass is 374 g/mol. The number of carbonyl (C=O) groups is 1. The van der Waals surface area contributed by atoms with Crippen molar-refractivity contribution in [3.05, 3.63) is 63.2 Å². The van der Waals surface area contributed by atoms with E-state index < -0.39 is 4.92 Å². The maximum atomic E-state index is 12.6. The number of nitrogens with zero attached hydrogens (tertiary/aromatic N) is 3. The Bertz CT molecular complexity index is 835. The van der Waals surface area contributed by atoms with Gasteiger partial charge in [0.15, 0.2) is 0 Å². The van der Waals surface area contributed by atoms with Crippen LogP contribution in [-0.4, -0.2) is 49.0 Å². The molecule has 0 unspecified atom stereocenters. The van der Waals surface area contributed by atoms with Crippen molar-refractivity contribution in [1.29, 1.82) is 0 Å². The highest BCUT2D eigenvalue weighted by Gasteiger charge is 2.24. The molecule has 0 bridgehead atoms. The second-order valence-electron chi connectivity index (χ2n) is 5.97. The van der Waals surface area contributed by atoms with Gasteiger partial charge in [-0.1, -0.05) is 23.7 Å². The van der Waals surface area contributed by atoms with Gasteiger partial charge in [0.25, 0.3) is 11.6 Å². The highest BCUT2D eigenvalue weighted by atomic mass is 35.5. The molecule has 0 radical (unpaired) electrons. The van der Waals surface area contributed by atoms with Gasteiger partial charge in [0.05, 0.1) is 15.5 Å². The Kier molecular flexibility index (Phi) is 5.27. The maximum Gasteiger partial charge on any atom is 0.292 e. The fourth-order valence-electron chi connectivity index (χ4n) is 3.05. The lowest BCUT2D eigenvalue weighted by Crippen LogP contribution is -2.48. The molecule has 1 saturated heterocycles. The van der Waals surface area contributed by atoms with Crippen molar-refractivity contribution in [2.24, 2.45) is 0 Å². The van der Waals surface area contributed by atoms with Gasteiger partial charge in [-0.25, -0.2) is 0 Å². The molecule has 1 heterocycles. The summed E-state index contributed by atoms with van der Waals surface area (Å²) in [4.78, 5) is 27.2. The number of piperazine rings is 1. The Hall–Kier alpha value is -2.80. The van der Waals surface area contributed by atoms with Crippen molar-refractivity contribution in [2.45, 2.75) is 0 Å². The Morgan fingerprint density at radius 2 is 1.85 bits per heavy atom. The highest BCUT2D eigenvalue weighted by Crippen LogP contribution is 2.30. The van der Waals surface area contributed by atoms with E-state index in [1.807, 2.05) is 0 Å². The summed E-state index contributed by atoms with van der Waals surface area (Å²) in [5.41, 5.74) is 1.92. The zero-order valence-corrected chi connectivity index (χ0v) is 15.1. The lowest BCUT2D eigenvalue weighted by molar-refractivity contribution is -0.383. The molecule has 136 valence electrons. The van der Waals surface area contributed by atoms with Gasteiger partial charge in [-0.3, -0.25) is 14.9 Å². The van der Waals surface area contributed by atoms with E-state index in [4.69, 9.17) is 11.6 Å². The van der Waals surface area contributed by atoms with Crippen LogP contribution in [0.4, 0.5) is 17.1 Å². The van der Waals surface area contributed by atoms with Crippen molar-refractivity contribution in [3.8, 4) is 0 Å². The summed E-state index contributed by atoms with van der Waals surface area (Å²) in [5.74, 6) is -0.0742. The van der Waals surface area contributed by atoms with E-state index in [1.54, 1.807) is 48.3 Å². The van der Waals surface area contributed by atoms with Crippen LogP contribution in [0, 0.1) is 10.1 Å². The first-order chi connectivity index (χ1) is 12.5. The molecule has 8 heteroatoms. The molecule has 2 aromatic rings. The zero-order valence-electron chi connectivity index (χ0n) is 14.3. The molecule has 1 fully saturated rings. The molecule has 3 rings (SSSR count). The third kappa shape index (κ3) is 3.57. The van der Waals surface area contributed by atoms with Gasteiger partial charge in [0.2, 0.25) is 0 Å².